The summed E-state index contributed by atoms with van der Waals surface area (Å²) in [5.41, 5.74) is 3.65. The number of halogens is 1. The maximum atomic E-state index is 15.2. The van der Waals surface area contributed by atoms with Gasteiger partial charge in [-0.1, -0.05) is 0 Å². The molecule has 2 aliphatic rings. The largest absolute Gasteiger partial charge is 0.311 e. The minimum Gasteiger partial charge on any atom is -0.311 e. The van der Waals surface area contributed by atoms with E-state index in [1.165, 1.54) is 10.7 Å². The third-order valence-corrected chi connectivity index (χ3v) is 6.69. The number of aryl methyl sites for hydroxylation is 2. The van der Waals surface area contributed by atoms with Crippen molar-refractivity contribution in [3.8, 4) is 11.3 Å². The molecule has 1 atom stereocenters. The topological polar surface area (TPSA) is 77.1 Å². The second-order valence-electron chi connectivity index (χ2n) is 9.03. The van der Waals surface area contributed by atoms with Crippen molar-refractivity contribution in [3.05, 3.63) is 58.0 Å². The van der Waals surface area contributed by atoms with Crippen LogP contribution in [-0.2, 0) is 0 Å². The number of nitrogens with one attached hydrogen (secondary N) is 1. The monoisotopic (exact) mass is 418 g/mol. The number of hydrogen-bond acceptors (Lipinski definition) is 5. The number of nitrogens with zero attached hydrogens (tertiary/aromatic N) is 5. The van der Waals surface area contributed by atoms with Crippen molar-refractivity contribution < 1.29 is 4.39 Å². The maximum absolute atomic E-state index is 15.2. The molecule has 1 saturated heterocycles. The zero-order chi connectivity index (χ0) is 21.3. The summed E-state index contributed by atoms with van der Waals surface area (Å²) in [5, 5.41) is 13.2. The Morgan fingerprint density at radius 3 is 2.87 bits per heavy atom. The van der Waals surface area contributed by atoms with Crippen LogP contribution in [0.2, 0.25) is 0 Å². The average molecular weight is 418 g/mol. The first-order valence-corrected chi connectivity index (χ1v) is 10.7. The van der Waals surface area contributed by atoms with Gasteiger partial charge in [-0.3, -0.25) is 4.79 Å². The highest BCUT2D eigenvalue weighted by Crippen LogP contribution is 2.45. The fourth-order valence-electron chi connectivity index (χ4n) is 4.91. The van der Waals surface area contributed by atoms with Crippen LogP contribution < -0.4 is 10.9 Å². The van der Waals surface area contributed by atoms with Gasteiger partial charge in [0, 0.05) is 16.5 Å². The molecule has 6 rings (SSSR count). The van der Waals surface area contributed by atoms with E-state index >= 15 is 4.39 Å². The number of rotatable bonds is 2. The molecule has 7 nitrogen and oxygen atoms in total. The van der Waals surface area contributed by atoms with Gasteiger partial charge in [-0.25, -0.2) is 18.6 Å². The molecule has 0 amide bonds. The highest BCUT2D eigenvalue weighted by molar-refractivity contribution is 5.86. The molecule has 8 heteroatoms. The Kier molecular flexibility index (Phi) is 3.87. The quantitative estimate of drug-likeness (QED) is 0.540. The molecule has 1 aliphatic heterocycles. The van der Waals surface area contributed by atoms with Crippen molar-refractivity contribution in [2.24, 2.45) is 0 Å². The second-order valence-corrected chi connectivity index (χ2v) is 9.03. The van der Waals surface area contributed by atoms with Crippen LogP contribution in [0, 0.1) is 19.7 Å². The van der Waals surface area contributed by atoms with Gasteiger partial charge in [0.15, 0.2) is 5.65 Å². The van der Waals surface area contributed by atoms with Crippen LogP contribution in [0.4, 0.5) is 4.39 Å². The highest BCUT2D eigenvalue weighted by Gasteiger charge is 2.46. The van der Waals surface area contributed by atoms with Crippen molar-refractivity contribution in [1.29, 1.82) is 0 Å². The van der Waals surface area contributed by atoms with Crippen LogP contribution in [-0.4, -0.2) is 36.5 Å². The van der Waals surface area contributed by atoms with Gasteiger partial charge in [0.1, 0.15) is 5.82 Å². The van der Waals surface area contributed by atoms with Gasteiger partial charge in [0.05, 0.1) is 35.2 Å². The molecule has 31 heavy (non-hydrogen) atoms. The molecule has 4 heterocycles. The van der Waals surface area contributed by atoms with Crippen molar-refractivity contribution >= 4 is 16.4 Å². The number of fused-ring (bicyclic) bond motifs is 2. The predicted octanol–water partition coefficient (Wildman–Crippen LogP) is 3.32. The molecule has 2 fully saturated rings. The molecule has 3 aromatic heterocycles. The number of imidazole rings is 1. The lowest BCUT2D eigenvalue weighted by molar-refractivity contribution is 0.264. The normalized spacial score (nSPS) is 20.0. The minimum atomic E-state index is -0.537. The molecule has 1 N–H and O–H groups in total. The summed E-state index contributed by atoms with van der Waals surface area (Å²) in [4.78, 5) is 17.6. The van der Waals surface area contributed by atoms with Gasteiger partial charge < -0.3 is 5.32 Å². The van der Waals surface area contributed by atoms with Crippen molar-refractivity contribution in [1.82, 2.24) is 29.7 Å². The van der Waals surface area contributed by atoms with Crippen LogP contribution >= 0.6 is 0 Å². The molecular weight excluding hydrogens is 395 g/mol. The summed E-state index contributed by atoms with van der Waals surface area (Å²) >= 11 is 0. The summed E-state index contributed by atoms with van der Waals surface area (Å²) in [7, 11) is 0. The number of hydrogen-bond donors (Lipinski definition) is 1. The molecule has 1 aromatic carbocycles. The summed E-state index contributed by atoms with van der Waals surface area (Å²) in [5.74, 6) is -0.537. The van der Waals surface area contributed by atoms with Gasteiger partial charge in [-0.2, -0.15) is 10.2 Å². The van der Waals surface area contributed by atoms with Crippen LogP contribution in [0.3, 0.4) is 0 Å². The fourth-order valence-corrected chi connectivity index (χ4v) is 4.91. The Hall–Kier alpha value is -3.13. The van der Waals surface area contributed by atoms with Gasteiger partial charge >= 0.3 is 0 Å². The van der Waals surface area contributed by atoms with E-state index in [2.05, 4.69) is 20.5 Å². The van der Waals surface area contributed by atoms with Gasteiger partial charge in [-0.05, 0) is 69.8 Å². The van der Waals surface area contributed by atoms with Crippen molar-refractivity contribution in [3.63, 3.8) is 0 Å². The predicted molar refractivity (Wildman–Crippen MR) is 116 cm³/mol. The Bertz CT molecular complexity index is 1420. The Labute approximate surface area is 177 Å². The molecular formula is C23H23FN6O. The molecule has 4 aromatic rings. The van der Waals surface area contributed by atoms with Crippen molar-refractivity contribution in [2.75, 3.05) is 6.54 Å². The first-order chi connectivity index (χ1) is 14.9. The molecule has 1 aliphatic carbocycles. The number of piperidine rings is 1. The van der Waals surface area contributed by atoms with E-state index in [1.54, 1.807) is 16.8 Å². The van der Waals surface area contributed by atoms with Gasteiger partial charge in [0.25, 0.3) is 5.56 Å². The summed E-state index contributed by atoms with van der Waals surface area (Å²) in [6.07, 6.45) is 7.42. The van der Waals surface area contributed by atoms with E-state index in [0.717, 1.165) is 49.1 Å². The van der Waals surface area contributed by atoms with E-state index in [-0.39, 0.29) is 22.5 Å². The summed E-state index contributed by atoms with van der Waals surface area (Å²) in [6, 6.07) is 5.09. The van der Waals surface area contributed by atoms with E-state index in [4.69, 9.17) is 0 Å². The first kappa shape index (κ1) is 18.6. The Morgan fingerprint density at radius 1 is 1.23 bits per heavy atom. The number of aromatic nitrogens is 5. The average Bonchev–Trinajstić information content (AvgIpc) is 3.35. The van der Waals surface area contributed by atoms with Crippen LogP contribution in [0.15, 0.2) is 35.4 Å². The third-order valence-electron chi connectivity index (χ3n) is 6.69. The smallest absolute Gasteiger partial charge is 0.277 e. The molecule has 1 saturated carbocycles. The lowest BCUT2D eigenvalue weighted by atomic mass is 9.97. The van der Waals surface area contributed by atoms with E-state index in [9.17, 15) is 4.79 Å². The van der Waals surface area contributed by atoms with E-state index in [0.29, 0.717) is 16.6 Å². The fraction of sp³-hybridized carbons (Fsp3) is 0.391. The van der Waals surface area contributed by atoms with E-state index < -0.39 is 5.82 Å². The number of benzene rings is 1. The van der Waals surface area contributed by atoms with E-state index in [1.807, 2.05) is 26.1 Å². The van der Waals surface area contributed by atoms with Crippen LogP contribution in [0.25, 0.3) is 27.7 Å². The molecule has 158 valence electrons. The summed E-state index contributed by atoms with van der Waals surface area (Å²) < 4.78 is 18.4. The second kappa shape index (κ2) is 6.43. The lowest BCUT2D eigenvalue weighted by Gasteiger charge is -2.30. The minimum absolute atomic E-state index is 0.0101. The lowest BCUT2D eigenvalue weighted by Crippen LogP contribution is -2.43. The van der Waals surface area contributed by atoms with Crippen molar-refractivity contribution in [2.45, 2.75) is 51.1 Å². The standard InChI is InChI=1S/C23H23FN6O/c1-13-7-19(28-29-12-14(2)27-21(13)29)15-8-16-11-26-30(22(31)20(16)18(24)9-15)17-3-6-25-23(10-17)4-5-23/h7-9,11-12,17,25H,3-6,10H2,1-2H3/t17-/m1/s1. The first-order valence-electron chi connectivity index (χ1n) is 10.7. The van der Waals surface area contributed by atoms with Crippen LogP contribution in [0.5, 0.6) is 0 Å². The SMILES string of the molecule is Cc1cn2nc(-c3cc(F)c4c(=O)n([C@@H]5CCNC6(CC6)C5)ncc4c3)cc(C)c2n1. The van der Waals surface area contributed by atoms with Gasteiger partial charge in [0.2, 0.25) is 0 Å². The summed E-state index contributed by atoms with van der Waals surface area (Å²) in [6.45, 7) is 4.73. The zero-order valence-electron chi connectivity index (χ0n) is 17.5. The molecule has 0 radical (unpaired) electrons. The maximum Gasteiger partial charge on any atom is 0.277 e. The molecule has 0 bridgehead atoms. The highest BCUT2D eigenvalue weighted by atomic mass is 19.1. The Morgan fingerprint density at radius 2 is 2.06 bits per heavy atom. The van der Waals surface area contributed by atoms with Gasteiger partial charge in [-0.15, -0.1) is 0 Å². The third kappa shape index (κ3) is 2.96. The zero-order valence-corrected chi connectivity index (χ0v) is 17.5. The Balaban J connectivity index is 1.45. The molecule has 0 unspecified atom stereocenters. The van der Waals surface area contributed by atoms with Crippen LogP contribution in [0.1, 0.15) is 43.0 Å². The molecule has 1 spiro atoms.